The van der Waals surface area contributed by atoms with Crippen LogP contribution in [0.15, 0.2) is 36.4 Å². The number of carbonyl (C=O) groups is 3. The highest BCUT2D eigenvalue weighted by Crippen LogP contribution is 2.32. The molecule has 1 atom stereocenters. The molecule has 0 aromatic heterocycles. The maximum atomic E-state index is 12.8. The molecule has 2 aromatic rings. The van der Waals surface area contributed by atoms with Gasteiger partial charge in [0.2, 0.25) is 11.7 Å². The molecule has 1 fully saturated rings. The van der Waals surface area contributed by atoms with Crippen molar-refractivity contribution in [3.05, 3.63) is 63.2 Å². The first kappa shape index (κ1) is 21.5. The maximum Gasteiger partial charge on any atom is 0.339 e. The minimum Gasteiger partial charge on any atom is -0.451 e. The molecular formula is C23H23N3O6. The van der Waals surface area contributed by atoms with Crippen molar-refractivity contribution < 1.29 is 24.0 Å². The number of ether oxygens (including phenoxy) is 1. The molecule has 9 heteroatoms. The highest BCUT2D eigenvalue weighted by Gasteiger charge is 2.28. The lowest BCUT2D eigenvalue weighted by atomic mass is 10.0. The van der Waals surface area contributed by atoms with Crippen LogP contribution in [-0.2, 0) is 16.0 Å². The van der Waals surface area contributed by atoms with Crippen LogP contribution in [0.5, 0.6) is 0 Å². The van der Waals surface area contributed by atoms with Crippen molar-refractivity contribution in [2.75, 3.05) is 16.8 Å². The van der Waals surface area contributed by atoms with Crippen LogP contribution >= 0.6 is 0 Å². The van der Waals surface area contributed by atoms with Crippen molar-refractivity contribution >= 4 is 34.7 Å². The number of rotatable bonds is 7. The van der Waals surface area contributed by atoms with Crippen LogP contribution < -0.4 is 10.2 Å². The fourth-order valence-corrected chi connectivity index (χ4v) is 3.78. The number of nitrogens with zero attached hydrogens (tertiary/aromatic N) is 2. The van der Waals surface area contributed by atoms with E-state index in [-0.39, 0.29) is 29.0 Å². The molecule has 1 aliphatic carbocycles. The maximum absolute atomic E-state index is 12.8. The number of carbonyl (C=O) groups excluding carboxylic acids is 3. The number of ketones is 1. The first-order valence-corrected chi connectivity index (χ1v) is 10.5. The van der Waals surface area contributed by atoms with E-state index in [1.54, 1.807) is 23.1 Å². The van der Waals surface area contributed by atoms with Gasteiger partial charge in [0.25, 0.3) is 5.69 Å². The van der Waals surface area contributed by atoms with Gasteiger partial charge < -0.3 is 15.0 Å². The zero-order valence-electron chi connectivity index (χ0n) is 17.8. The van der Waals surface area contributed by atoms with E-state index in [4.69, 9.17) is 4.74 Å². The molecule has 0 bridgehead atoms. The van der Waals surface area contributed by atoms with Crippen LogP contribution in [0.3, 0.4) is 0 Å². The molecule has 1 heterocycles. The van der Waals surface area contributed by atoms with E-state index in [0.717, 1.165) is 30.2 Å². The second kappa shape index (κ2) is 8.41. The molecule has 1 saturated carbocycles. The summed E-state index contributed by atoms with van der Waals surface area (Å²) in [6.07, 6.45) is 1.48. The SMILES string of the molecule is CC(=O)N1CCc2cc(C(=O)[C@H](C)OC(=O)c3ccc(NC4CC4)c([N+](=O)[O-])c3)ccc21. The summed E-state index contributed by atoms with van der Waals surface area (Å²) >= 11 is 0. The van der Waals surface area contributed by atoms with E-state index in [9.17, 15) is 24.5 Å². The number of anilines is 2. The van der Waals surface area contributed by atoms with Crippen molar-refractivity contribution in [3.8, 4) is 0 Å². The minimum absolute atomic E-state index is 0.00347. The minimum atomic E-state index is -1.07. The first-order chi connectivity index (χ1) is 15.2. The summed E-state index contributed by atoms with van der Waals surface area (Å²) in [7, 11) is 0. The highest BCUT2D eigenvalue weighted by molar-refractivity contribution is 6.03. The summed E-state index contributed by atoms with van der Waals surface area (Å²) in [6, 6.07) is 9.36. The Balaban J connectivity index is 1.46. The van der Waals surface area contributed by atoms with Gasteiger partial charge in [0.15, 0.2) is 6.10 Å². The molecule has 0 radical (unpaired) electrons. The van der Waals surface area contributed by atoms with Gasteiger partial charge in [-0.15, -0.1) is 0 Å². The molecule has 9 nitrogen and oxygen atoms in total. The molecule has 2 aromatic carbocycles. The van der Waals surface area contributed by atoms with Crippen molar-refractivity contribution in [3.63, 3.8) is 0 Å². The number of hydrogen-bond donors (Lipinski definition) is 1. The van der Waals surface area contributed by atoms with Crippen LogP contribution in [-0.4, -0.2) is 41.3 Å². The molecule has 4 rings (SSSR count). The van der Waals surface area contributed by atoms with Crippen LogP contribution in [0.2, 0.25) is 0 Å². The Hall–Kier alpha value is -3.75. The van der Waals surface area contributed by atoms with Crippen LogP contribution in [0.4, 0.5) is 17.1 Å². The van der Waals surface area contributed by atoms with Crippen molar-refractivity contribution in [2.24, 2.45) is 0 Å². The summed E-state index contributed by atoms with van der Waals surface area (Å²) in [5, 5.41) is 14.5. The number of esters is 1. The topological polar surface area (TPSA) is 119 Å². The third-order valence-corrected chi connectivity index (χ3v) is 5.66. The zero-order valence-corrected chi connectivity index (χ0v) is 17.8. The van der Waals surface area contributed by atoms with Crippen LogP contribution in [0.25, 0.3) is 0 Å². The van der Waals surface area contributed by atoms with E-state index >= 15 is 0 Å². The number of benzene rings is 2. The van der Waals surface area contributed by atoms with E-state index in [2.05, 4.69) is 5.32 Å². The molecule has 166 valence electrons. The normalized spacial score (nSPS) is 15.6. The monoisotopic (exact) mass is 437 g/mol. The van der Waals surface area contributed by atoms with Gasteiger partial charge in [-0.3, -0.25) is 19.7 Å². The molecule has 1 N–H and O–H groups in total. The lowest BCUT2D eigenvalue weighted by Crippen LogP contribution is -2.26. The van der Waals surface area contributed by atoms with Gasteiger partial charge in [0.05, 0.1) is 10.5 Å². The number of nitro groups is 1. The standard InChI is InChI=1S/C23H23N3O6/c1-13(22(28)16-4-8-20-15(11-16)9-10-25(20)14(2)27)32-23(29)17-3-7-19(24-18-5-6-18)21(12-17)26(30)31/h3-4,7-8,11-13,18,24H,5-6,9-10H2,1-2H3/t13-/m0/s1. The summed E-state index contributed by atoms with van der Waals surface area (Å²) in [5.41, 5.74) is 2.20. The lowest BCUT2D eigenvalue weighted by molar-refractivity contribution is -0.384. The number of hydrogen-bond acceptors (Lipinski definition) is 7. The molecule has 2 aliphatic rings. The Labute approximate surface area is 184 Å². The largest absolute Gasteiger partial charge is 0.451 e. The fraction of sp³-hybridized carbons (Fsp3) is 0.348. The number of Topliss-reactive ketones (excluding diaryl/α,β-unsaturated/α-hetero) is 1. The Morgan fingerprint density at radius 1 is 1.16 bits per heavy atom. The third-order valence-electron chi connectivity index (χ3n) is 5.66. The second-order valence-corrected chi connectivity index (χ2v) is 8.08. The van der Waals surface area contributed by atoms with Gasteiger partial charge in [-0.1, -0.05) is 0 Å². The third kappa shape index (κ3) is 4.32. The Kier molecular flexibility index (Phi) is 5.65. The first-order valence-electron chi connectivity index (χ1n) is 10.5. The highest BCUT2D eigenvalue weighted by atomic mass is 16.6. The van der Waals surface area contributed by atoms with E-state index in [1.807, 2.05) is 0 Å². The van der Waals surface area contributed by atoms with E-state index < -0.39 is 17.0 Å². The zero-order chi connectivity index (χ0) is 23.0. The number of nitrogens with one attached hydrogen (secondary N) is 1. The Morgan fingerprint density at radius 3 is 2.53 bits per heavy atom. The van der Waals surface area contributed by atoms with Gasteiger partial charge in [0, 0.05) is 36.8 Å². The molecule has 0 unspecified atom stereocenters. The molecule has 0 saturated heterocycles. The van der Waals surface area contributed by atoms with Gasteiger partial charge in [-0.25, -0.2) is 4.79 Å². The van der Waals surface area contributed by atoms with Crippen molar-refractivity contribution in [1.82, 2.24) is 0 Å². The molecule has 1 amide bonds. The quantitative estimate of drug-likeness (QED) is 0.305. The number of fused-ring (bicyclic) bond motifs is 1. The summed E-state index contributed by atoms with van der Waals surface area (Å²) < 4.78 is 5.30. The fourth-order valence-electron chi connectivity index (χ4n) is 3.78. The Morgan fingerprint density at radius 2 is 1.88 bits per heavy atom. The molecule has 0 spiro atoms. The van der Waals surface area contributed by atoms with Gasteiger partial charge in [0.1, 0.15) is 5.69 Å². The van der Waals surface area contributed by atoms with Crippen LogP contribution in [0.1, 0.15) is 53.0 Å². The van der Waals surface area contributed by atoms with E-state index in [0.29, 0.717) is 24.2 Å². The van der Waals surface area contributed by atoms with Crippen LogP contribution in [0, 0.1) is 10.1 Å². The second-order valence-electron chi connectivity index (χ2n) is 8.08. The van der Waals surface area contributed by atoms with Crippen molar-refractivity contribution in [2.45, 2.75) is 45.3 Å². The summed E-state index contributed by atoms with van der Waals surface area (Å²) in [4.78, 5) is 49.6. The molecule has 32 heavy (non-hydrogen) atoms. The molecular weight excluding hydrogens is 414 g/mol. The van der Waals surface area contributed by atoms with Gasteiger partial charge in [-0.2, -0.15) is 0 Å². The van der Waals surface area contributed by atoms with Gasteiger partial charge >= 0.3 is 5.97 Å². The Bertz CT molecular complexity index is 1120. The predicted molar refractivity (Wildman–Crippen MR) is 117 cm³/mol. The van der Waals surface area contributed by atoms with E-state index in [1.165, 1.54) is 26.0 Å². The number of nitro benzene ring substituents is 1. The molecule has 1 aliphatic heterocycles. The average Bonchev–Trinajstić information content (AvgIpc) is 3.47. The summed E-state index contributed by atoms with van der Waals surface area (Å²) in [6.45, 7) is 3.53. The lowest BCUT2D eigenvalue weighted by Gasteiger charge is -2.16. The average molecular weight is 437 g/mol. The van der Waals surface area contributed by atoms with Gasteiger partial charge in [-0.05, 0) is 62.1 Å². The smallest absolute Gasteiger partial charge is 0.339 e. The number of amides is 1. The predicted octanol–water partition coefficient (Wildman–Crippen LogP) is 3.51. The van der Waals surface area contributed by atoms with Crippen molar-refractivity contribution in [1.29, 1.82) is 0 Å². The summed E-state index contributed by atoms with van der Waals surface area (Å²) in [5.74, 6) is -1.25.